The second-order valence-electron chi connectivity index (χ2n) is 5.76. The average Bonchev–Trinajstić information content (AvgIpc) is 2.48. The molecule has 0 saturated carbocycles. The fraction of sp³-hybridized carbons (Fsp3) is 0.353. The molecule has 0 fully saturated rings. The first-order chi connectivity index (χ1) is 11.0. The van der Waals surface area contributed by atoms with Crippen molar-refractivity contribution in [2.75, 3.05) is 17.2 Å². The second kappa shape index (κ2) is 8.06. The maximum absolute atomic E-state index is 12.4. The van der Waals surface area contributed by atoms with Gasteiger partial charge in [0.05, 0.1) is 5.69 Å². The monoisotopic (exact) mass is 376 g/mol. The SMILES string of the molecule is Cc1cc(C(=O)Nc2ccccc2Br)nc(NCCC(C)C)n1. The van der Waals surface area contributed by atoms with E-state index in [1.165, 1.54) is 0 Å². The highest BCUT2D eigenvalue weighted by Crippen LogP contribution is 2.21. The van der Waals surface area contributed by atoms with Crippen molar-refractivity contribution in [2.45, 2.75) is 27.2 Å². The molecule has 1 heterocycles. The van der Waals surface area contributed by atoms with E-state index in [1.54, 1.807) is 6.07 Å². The maximum Gasteiger partial charge on any atom is 0.274 e. The first kappa shape index (κ1) is 17.4. The van der Waals surface area contributed by atoms with Crippen molar-refractivity contribution in [3.63, 3.8) is 0 Å². The molecule has 0 aliphatic rings. The van der Waals surface area contributed by atoms with Gasteiger partial charge in [-0.1, -0.05) is 26.0 Å². The molecule has 2 rings (SSSR count). The van der Waals surface area contributed by atoms with Crippen LogP contribution < -0.4 is 10.6 Å². The molecule has 2 aromatic rings. The summed E-state index contributed by atoms with van der Waals surface area (Å²) in [5.41, 5.74) is 1.81. The van der Waals surface area contributed by atoms with E-state index in [-0.39, 0.29) is 5.91 Å². The zero-order valence-electron chi connectivity index (χ0n) is 13.6. The molecule has 5 nitrogen and oxygen atoms in total. The van der Waals surface area contributed by atoms with Crippen LogP contribution >= 0.6 is 15.9 Å². The number of anilines is 2. The molecule has 1 aromatic carbocycles. The molecule has 0 spiro atoms. The molecule has 122 valence electrons. The number of aryl methyl sites for hydroxylation is 1. The molecule has 0 bridgehead atoms. The van der Waals surface area contributed by atoms with Gasteiger partial charge in [-0.15, -0.1) is 0 Å². The van der Waals surface area contributed by atoms with Gasteiger partial charge in [0.1, 0.15) is 5.69 Å². The van der Waals surface area contributed by atoms with E-state index in [0.29, 0.717) is 23.2 Å². The minimum atomic E-state index is -0.255. The molecule has 1 aromatic heterocycles. The van der Waals surface area contributed by atoms with E-state index in [2.05, 4.69) is 50.4 Å². The van der Waals surface area contributed by atoms with E-state index in [4.69, 9.17) is 0 Å². The Hall–Kier alpha value is -1.95. The lowest BCUT2D eigenvalue weighted by atomic mass is 10.1. The highest BCUT2D eigenvalue weighted by molar-refractivity contribution is 9.10. The lowest BCUT2D eigenvalue weighted by Gasteiger charge is -2.10. The summed E-state index contributed by atoms with van der Waals surface area (Å²) in [6.45, 7) is 6.96. The number of halogens is 1. The van der Waals surface area contributed by atoms with E-state index < -0.39 is 0 Å². The number of carbonyl (C=O) groups excluding carboxylic acids is 1. The predicted octanol–water partition coefficient (Wildman–Crippen LogP) is 4.26. The maximum atomic E-state index is 12.4. The van der Waals surface area contributed by atoms with Gasteiger partial charge in [-0.2, -0.15) is 0 Å². The van der Waals surface area contributed by atoms with Crippen molar-refractivity contribution >= 4 is 33.5 Å². The van der Waals surface area contributed by atoms with Crippen LogP contribution in [0.4, 0.5) is 11.6 Å². The topological polar surface area (TPSA) is 66.9 Å². The molecule has 0 aliphatic carbocycles. The summed E-state index contributed by atoms with van der Waals surface area (Å²) >= 11 is 3.41. The van der Waals surface area contributed by atoms with Crippen LogP contribution in [-0.4, -0.2) is 22.4 Å². The summed E-state index contributed by atoms with van der Waals surface area (Å²) in [6.07, 6.45) is 1.02. The second-order valence-corrected chi connectivity index (χ2v) is 6.62. The number of hydrogen-bond donors (Lipinski definition) is 2. The number of para-hydroxylation sites is 1. The summed E-state index contributed by atoms with van der Waals surface area (Å²) < 4.78 is 0.828. The van der Waals surface area contributed by atoms with Crippen LogP contribution in [0.1, 0.15) is 36.5 Å². The summed E-state index contributed by atoms with van der Waals surface area (Å²) in [7, 11) is 0. The van der Waals surface area contributed by atoms with E-state index in [0.717, 1.165) is 23.1 Å². The number of nitrogens with zero attached hydrogens (tertiary/aromatic N) is 2. The van der Waals surface area contributed by atoms with Crippen molar-refractivity contribution < 1.29 is 4.79 Å². The number of benzene rings is 1. The number of nitrogens with one attached hydrogen (secondary N) is 2. The van der Waals surface area contributed by atoms with Gasteiger partial charge in [-0.3, -0.25) is 4.79 Å². The fourth-order valence-corrected chi connectivity index (χ4v) is 2.37. The van der Waals surface area contributed by atoms with Crippen molar-refractivity contribution in [1.29, 1.82) is 0 Å². The third kappa shape index (κ3) is 5.32. The first-order valence-electron chi connectivity index (χ1n) is 7.61. The van der Waals surface area contributed by atoms with E-state index in [1.807, 2.05) is 31.2 Å². The number of amides is 1. The third-order valence-corrected chi connectivity index (χ3v) is 3.91. The van der Waals surface area contributed by atoms with Gasteiger partial charge in [-0.05, 0) is 53.4 Å². The van der Waals surface area contributed by atoms with Crippen molar-refractivity contribution in [3.8, 4) is 0 Å². The van der Waals surface area contributed by atoms with Crippen LogP contribution in [0.15, 0.2) is 34.8 Å². The molecule has 2 N–H and O–H groups in total. The predicted molar refractivity (Wildman–Crippen MR) is 96.8 cm³/mol. The third-order valence-electron chi connectivity index (χ3n) is 3.21. The molecular formula is C17H21BrN4O. The van der Waals surface area contributed by atoms with Gasteiger partial charge in [0.15, 0.2) is 0 Å². The number of carbonyl (C=O) groups is 1. The Morgan fingerprint density at radius 2 is 2.00 bits per heavy atom. The van der Waals surface area contributed by atoms with Gasteiger partial charge in [-0.25, -0.2) is 9.97 Å². The van der Waals surface area contributed by atoms with Crippen molar-refractivity contribution in [3.05, 3.63) is 46.2 Å². The van der Waals surface area contributed by atoms with Crippen LogP contribution in [0.3, 0.4) is 0 Å². The highest BCUT2D eigenvalue weighted by Gasteiger charge is 2.12. The van der Waals surface area contributed by atoms with Gasteiger partial charge < -0.3 is 10.6 Å². The number of hydrogen-bond acceptors (Lipinski definition) is 4. The molecule has 0 radical (unpaired) electrons. The lowest BCUT2D eigenvalue weighted by molar-refractivity contribution is 0.102. The minimum absolute atomic E-state index is 0.255. The summed E-state index contributed by atoms with van der Waals surface area (Å²) in [6, 6.07) is 9.15. The Balaban J connectivity index is 2.11. The Morgan fingerprint density at radius 3 is 2.70 bits per heavy atom. The van der Waals surface area contributed by atoms with Crippen LogP contribution in [0, 0.1) is 12.8 Å². The summed E-state index contributed by atoms with van der Waals surface area (Å²) in [5, 5.41) is 6.03. The van der Waals surface area contributed by atoms with E-state index >= 15 is 0 Å². The Labute approximate surface area is 145 Å². The van der Waals surface area contributed by atoms with Crippen molar-refractivity contribution in [1.82, 2.24) is 9.97 Å². The molecular weight excluding hydrogens is 356 g/mol. The quantitative estimate of drug-likeness (QED) is 0.790. The van der Waals surface area contributed by atoms with Crippen LogP contribution in [-0.2, 0) is 0 Å². The van der Waals surface area contributed by atoms with Crippen LogP contribution in [0.2, 0.25) is 0 Å². The highest BCUT2D eigenvalue weighted by atomic mass is 79.9. The number of rotatable bonds is 6. The largest absolute Gasteiger partial charge is 0.354 e. The van der Waals surface area contributed by atoms with Crippen molar-refractivity contribution in [2.24, 2.45) is 5.92 Å². The average molecular weight is 377 g/mol. The zero-order chi connectivity index (χ0) is 16.8. The van der Waals surface area contributed by atoms with E-state index in [9.17, 15) is 4.79 Å². The standard InChI is InChI=1S/C17H21BrN4O/c1-11(2)8-9-19-17-20-12(3)10-15(22-17)16(23)21-14-7-5-4-6-13(14)18/h4-7,10-11H,8-9H2,1-3H3,(H,21,23)(H,19,20,22). The smallest absolute Gasteiger partial charge is 0.274 e. The molecule has 0 saturated heterocycles. The first-order valence-corrected chi connectivity index (χ1v) is 8.40. The van der Waals surface area contributed by atoms with Gasteiger partial charge in [0.2, 0.25) is 5.95 Å². The van der Waals surface area contributed by atoms with Gasteiger partial charge in [0, 0.05) is 16.7 Å². The number of aromatic nitrogens is 2. The Morgan fingerprint density at radius 1 is 1.26 bits per heavy atom. The minimum Gasteiger partial charge on any atom is -0.354 e. The molecule has 23 heavy (non-hydrogen) atoms. The lowest BCUT2D eigenvalue weighted by Crippen LogP contribution is -2.17. The van der Waals surface area contributed by atoms with Crippen LogP contribution in [0.5, 0.6) is 0 Å². The molecule has 0 atom stereocenters. The molecule has 0 aliphatic heterocycles. The molecule has 6 heteroatoms. The normalized spacial score (nSPS) is 10.7. The van der Waals surface area contributed by atoms with Crippen LogP contribution in [0.25, 0.3) is 0 Å². The molecule has 0 unspecified atom stereocenters. The Kier molecular flexibility index (Phi) is 6.10. The Bertz CT molecular complexity index is 688. The van der Waals surface area contributed by atoms with Gasteiger partial charge in [0.25, 0.3) is 5.91 Å². The summed E-state index contributed by atoms with van der Waals surface area (Å²) in [5.74, 6) is 0.836. The fourth-order valence-electron chi connectivity index (χ4n) is 1.99. The molecule has 1 amide bonds. The summed E-state index contributed by atoms with van der Waals surface area (Å²) in [4.78, 5) is 21.0. The van der Waals surface area contributed by atoms with Gasteiger partial charge >= 0.3 is 0 Å². The zero-order valence-corrected chi connectivity index (χ0v) is 15.1.